The van der Waals surface area contributed by atoms with E-state index in [4.69, 9.17) is 0 Å². The Kier molecular flexibility index (Phi) is 5.93. The molecule has 0 radical (unpaired) electrons. The van der Waals surface area contributed by atoms with Crippen molar-refractivity contribution in [3.63, 3.8) is 0 Å². The third-order valence-corrected chi connectivity index (χ3v) is 1.28. The molecule has 0 bridgehead atoms. The molecule has 0 amide bonds. The Hall–Kier alpha value is 0.110. The molecule has 0 fully saturated rings. The van der Waals surface area contributed by atoms with E-state index in [0.29, 0.717) is 0 Å². The van der Waals surface area contributed by atoms with Crippen LogP contribution in [0.5, 0.6) is 0 Å². The molecule has 10 heavy (non-hydrogen) atoms. The molecular weight excluding hydrogens is 263 g/mol. The fourth-order valence-electron chi connectivity index (χ4n) is 0.460. The van der Waals surface area contributed by atoms with Gasteiger partial charge >= 0.3 is 0 Å². The molecule has 1 aromatic carbocycles. The van der Waals surface area contributed by atoms with Crippen molar-refractivity contribution in [2.75, 3.05) is 5.83 Å². The molecule has 0 saturated heterocycles. The first-order chi connectivity index (χ1) is 4.79. The molecule has 0 spiro atoms. The lowest BCUT2D eigenvalue weighted by Crippen LogP contribution is -1.68. The quantitative estimate of drug-likeness (QED) is 0.632. The van der Waals surface area contributed by atoms with Crippen LogP contribution >= 0.6 is 31.9 Å². The fraction of sp³-hybridized carbons (Fsp3) is 0.143. The molecule has 1 rings (SSSR count). The lowest BCUT2D eigenvalue weighted by atomic mass is 10.4. The third kappa shape index (κ3) is 4.01. The lowest BCUT2D eigenvalue weighted by molar-refractivity contribution is 0.627. The first kappa shape index (κ1) is 10.1. The number of hydrogen-bond acceptors (Lipinski definition) is 0. The Morgan fingerprint density at radius 2 is 1.90 bits per heavy atom. The predicted molar refractivity (Wildman–Crippen MR) is 49.0 cm³/mol. The highest BCUT2D eigenvalue weighted by atomic mass is 79.9. The van der Waals surface area contributed by atoms with E-state index in [0.717, 1.165) is 4.47 Å². The summed E-state index contributed by atoms with van der Waals surface area (Å²) in [6, 6.07) is 6.26. The van der Waals surface area contributed by atoms with Gasteiger partial charge in [0.1, 0.15) is 5.82 Å². The Bertz CT molecular complexity index is 171. The van der Waals surface area contributed by atoms with Crippen molar-refractivity contribution >= 4 is 31.9 Å². The molecule has 1 aromatic rings. The highest BCUT2D eigenvalue weighted by Gasteiger charge is 1.86. The molecule has 56 valence electrons. The zero-order valence-electron chi connectivity index (χ0n) is 5.44. The minimum atomic E-state index is -0.209. The monoisotopic (exact) mass is 268 g/mol. The Morgan fingerprint density at radius 3 is 2.20 bits per heavy atom. The first-order valence-electron chi connectivity index (χ1n) is 2.58. The molecule has 0 unspecified atom stereocenters. The molecule has 0 aliphatic carbocycles. The van der Waals surface area contributed by atoms with E-state index in [9.17, 15) is 4.39 Å². The average molecular weight is 270 g/mol. The molecule has 0 aliphatic rings. The number of rotatable bonds is 0. The van der Waals surface area contributed by atoms with E-state index in [-0.39, 0.29) is 5.82 Å². The van der Waals surface area contributed by atoms with Crippen LogP contribution in [0.3, 0.4) is 0 Å². The van der Waals surface area contributed by atoms with Gasteiger partial charge in [-0.1, -0.05) is 37.9 Å². The summed E-state index contributed by atoms with van der Waals surface area (Å²) in [6.07, 6.45) is 0. The van der Waals surface area contributed by atoms with Crippen molar-refractivity contribution in [1.82, 2.24) is 0 Å². The van der Waals surface area contributed by atoms with Crippen LogP contribution < -0.4 is 0 Å². The van der Waals surface area contributed by atoms with E-state index in [2.05, 4.69) is 31.9 Å². The maximum absolute atomic E-state index is 12.1. The van der Waals surface area contributed by atoms with Crippen molar-refractivity contribution < 1.29 is 4.39 Å². The van der Waals surface area contributed by atoms with Crippen LogP contribution in [0.25, 0.3) is 0 Å². The van der Waals surface area contributed by atoms with Crippen molar-refractivity contribution in [1.29, 1.82) is 0 Å². The van der Waals surface area contributed by atoms with Gasteiger partial charge in [0.05, 0.1) is 0 Å². The molecule has 0 nitrogen and oxygen atoms in total. The second kappa shape index (κ2) is 5.86. The van der Waals surface area contributed by atoms with E-state index in [1.54, 1.807) is 12.1 Å². The topological polar surface area (TPSA) is 0 Å². The van der Waals surface area contributed by atoms with E-state index in [1.165, 1.54) is 12.1 Å². The van der Waals surface area contributed by atoms with Gasteiger partial charge in [0.15, 0.2) is 0 Å². The summed E-state index contributed by atoms with van der Waals surface area (Å²) in [6.45, 7) is 0. The van der Waals surface area contributed by atoms with Crippen molar-refractivity contribution in [3.8, 4) is 0 Å². The van der Waals surface area contributed by atoms with Crippen LogP contribution in [0.4, 0.5) is 4.39 Å². The molecule has 0 N–H and O–H groups in total. The molecule has 0 aliphatic heterocycles. The van der Waals surface area contributed by atoms with Crippen LogP contribution in [-0.2, 0) is 0 Å². The van der Waals surface area contributed by atoms with Gasteiger partial charge in [-0.2, -0.15) is 0 Å². The SMILES string of the molecule is CBr.Fc1cccc(Br)c1. The maximum atomic E-state index is 12.1. The van der Waals surface area contributed by atoms with Crippen molar-refractivity contribution in [2.24, 2.45) is 0 Å². The van der Waals surface area contributed by atoms with Gasteiger partial charge in [-0.25, -0.2) is 4.39 Å². The molecular formula is C7H7Br2F. The highest BCUT2D eigenvalue weighted by Crippen LogP contribution is 2.09. The predicted octanol–water partition coefficient (Wildman–Crippen LogP) is 3.60. The summed E-state index contributed by atoms with van der Waals surface area (Å²) >= 11 is 6.06. The van der Waals surface area contributed by atoms with E-state index >= 15 is 0 Å². The van der Waals surface area contributed by atoms with Gasteiger partial charge in [0.25, 0.3) is 0 Å². The van der Waals surface area contributed by atoms with Crippen molar-refractivity contribution in [3.05, 3.63) is 34.6 Å². The number of benzene rings is 1. The van der Waals surface area contributed by atoms with Crippen LogP contribution in [-0.4, -0.2) is 5.83 Å². The number of halogens is 3. The Labute approximate surface area is 76.7 Å². The highest BCUT2D eigenvalue weighted by molar-refractivity contribution is 9.10. The second-order valence-electron chi connectivity index (χ2n) is 1.44. The molecule has 3 heteroatoms. The smallest absolute Gasteiger partial charge is 0.124 e. The minimum Gasteiger partial charge on any atom is -0.207 e. The summed E-state index contributed by atoms with van der Waals surface area (Å²) in [4.78, 5) is 0. The molecule has 0 saturated carbocycles. The Morgan fingerprint density at radius 1 is 1.30 bits per heavy atom. The summed E-state index contributed by atoms with van der Waals surface area (Å²) in [5.41, 5.74) is 0. The van der Waals surface area contributed by atoms with Gasteiger partial charge in [0, 0.05) is 4.47 Å². The summed E-state index contributed by atoms with van der Waals surface area (Å²) in [5, 5.41) is 0. The van der Waals surface area contributed by atoms with Crippen molar-refractivity contribution in [2.45, 2.75) is 0 Å². The zero-order valence-corrected chi connectivity index (χ0v) is 8.62. The summed E-state index contributed by atoms with van der Waals surface area (Å²) in [5.74, 6) is 1.60. The molecule has 0 heterocycles. The maximum Gasteiger partial charge on any atom is 0.124 e. The molecule has 0 atom stereocenters. The largest absolute Gasteiger partial charge is 0.207 e. The third-order valence-electron chi connectivity index (χ3n) is 0.787. The first-order valence-corrected chi connectivity index (χ1v) is 4.96. The fourth-order valence-corrected chi connectivity index (χ4v) is 0.831. The lowest BCUT2D eigenvalue weighted by Gasteiger charge is -1.85. The van der Waals surface area contributed by atoms with E-state index < -0.39 is 0 Å². The summed E-state index contributed by atoms with van der Waals surface area (Å²) in [7, 11) is 0. The minimum absolute atomic E-state index is 0.209. The van der Waals surface area contributed by atoms with Crippen LogP contribution in [0.2, 0.25) is 0 Å². The normalized spacial score (nSPS) is 8.00. The zero-order chi connectivity index (χ0) is 7.98. The number of alkyl halides is 1. The van der Waals surface area contributed by atoms with Crippen LogP contribution in [0.1, 0.15) is 0 Å². The van der Waals surface area contributed by atoms with Gasteiger partial charge in [-0.3, -0.25) is 0 Å². The van der Waals surface area contributed by atoms with E-state index in [1.807, 2.05) is 5.83 Å². The standard InChI is InChI=1S/C6H4BrF.CH3Br/c7-5-2-1-3-6(8)4-5;1-2/h1-4H;1H3. The van der Waals surface area contributed by atoms with Gasteiger partial charge in [0.2, 0.25) is 0 Å². The molecule has 0 aromatic heterocycles. The average Bonchev–Trinajstić information content (AvgIpc) is 1.91. The van der Waals surface area contributed by atoms with Gasteiger partial charge < -0.3 is 0 Å². The number of hydrogen-bond donors (Lipinski definition) is 0. The van der Waals surface area contributed by atoms with Crippen LogP contribution in [0, 0.1) is 5.82 Å². The second-order valence-corrected chi connectivity index (χ2v) is 2.36. The summed E-state index contributed by atoms with van der Waals surface area (Å²) < 4.78 is 12.9. The van der Waals surface area contributed by atoms with Crippen LogP contribution in [0.15, 0.2) is 28.7 Å². The van der Waals surface area contributed by atoms with Gasteiger partial charge in [-0.15, -0.1) is 0 Å². The Balaban J connectivity index is 0.000000371. The van der Waals surface area contributed by atoms with Gasteiger partial charge in [-0.05, 0) is 24.0 Å².